The van der Waals surface area contributed by atoms with Crippen LogP contribution in [0, 0.1) is 0 Å². The predicted octanol–water partition coefficient (Wildman–Crippen LogP) is 1.72. The lowest BCUT2D eigenvalue weighted by molar-refractivity contribution is 0.179. The molecule has 4 nitrogen and oxygen atoms in total. The first kappa shape index (κ1) is 8.27. The Kier molecular flexibility index (Phi) is 4.97. The lowest BCUT2D eigenvalue weighted by Crippen LogP contribution is -2.08. The highest BCUT2D eigenvalue weighted by Crippen LogP contribution is 1.96. The van der Waals surface area contributed by atoms with E-state index in [-0.39, 0.29) is 6.04 Å². The van der Waals surface area contributed by atoms with Crippen molar-refractivity contribution >= 4 is 0 Å². The average molecular weight is 129 g/mol. The van der Waals surface area contributed by atoms with Crippen LogP contribution in [0.1, 0.15) is 13.3 Å². The summed E-state index contributed by atoms with van der Waals surface area (Å²) < 4.78 is 4.78. The van der Waals surface area contributed by atoms with E-state index >= 15 is 0 Å². The van der Waals surface area contributed by atoms with Gasteiger partial charge in [0.05, 0.1) is 12.6 Å². The van der Waals surface area contributed by atoms with Gasteiger partial charge in [-0.15, -0.1) is 0 Å². The normalized spacial score (nSPS) is 12.2. The summed E-state index contributed by atoms with van der Waals surface area (Å²) >= 11 is 0. The lowest BCUT2D eigenvalue weighted by atomic mass is 10.3. The summed E-state index contributed by atoms with van der Waals surface area (Å²) in [4.78, 5) is 2.67. The summed E-state index contributed by atoms with van der Waals surface area (Å²) in [6.07, 6.45) is 0.831. The van der Waals surface area contributed by atoms with Crippen LogP contribution in [0.4, 0.5) is 0 Å². The first-order chi connectivity index (χ1) is 4.35. The Morgan fingerprint density at radius 3 is 2.78 bits per heavy atom. The van der Waals surface area contributed by atoms with Gasteiger partial charge in [-0.2, -0.15) is 0 Å². The van der Waals surface area contributed by atoms with Gasteiger partial charge in [-0.05, 0) is 12.0 Å². The van der Waals surface area contributed by atoms with E-state index in [0.717, 1.165) is 6.42 Å². The third-order valence-corrected chi connectivity index (χ3v) is 1.05. The Hall–Kier alpha value is -0.730. The molecule has 9 heavy (non-hydrogen) atoms. The van der Waals surface area contributed by atoms with Crippen molar-refractivity contribution in [1.82, 2.24) is 0 Å². The fourth-order valence-corrected chi connectivity index (χ4v) is 0.498. The van der Waals surface area contributed by atoms with E-state index in [0.29, 0.717) is 6.61 Å². The number of hydrogen-bond acceptors (Lipinski definition) is 2. The van der Waals surface area contributed by atoms with Gasteiger partial charge in [0.2, 0.25) is 0 Å². The number of nitrogens with zero attached hydrogens (tertiary/aromatic N) is 3. The summed E-state index contributed by atoms with van der Waals surface area (Å²) in [5.74, 6) is 0. The molecule has 0 saturated carbocycles. The zero-order valence-corrected chi connectivity index (χ0v) is 5.74. The van der Waals surface area contributed by atoms with Crippen molar-refractivity contribution < 1.29 is 4.74 Å². The van der Waals surface area contributed by atoms with Gasteiger partial charge in [0.1, 0.15) is 0 Å². The van der Waals surface area contributed by atoms with E-state index in [1.165, 1.54) is 0 Å². The summed E-state index contributed by atoms with van der Waals surface area (Å²) in [6.45, 7) is 2.47. The molecular weight excluding hydrogens is 118 g/mol. The van der Waals surface area contributed by atoms with Gasteiger partial charge < -0.3 is 4.74 Å². The zero-order chi connectivity index (χ0) is 7.11. The second kappa shape index (κ2) is 5.41. The average Bonchev–Trinajstić information content (AvgIpc) is 1.88. The van der Waals surface area contributed by atoms with Crippen LogP contribution in [-0.4, -0.2) is 19.8 Å². The Bertz CT molecular complexity index is 109. The van der Waals surface area contributed by atoms with E-state index in [1.807, 2.05) is 6.92 Å². The Balaban J connectivity index is 3.53. The molecule has 0 aliphatic heterocycles. The van der Waals surface area contributed by atoms with Crippen LogP contribution >= 0.6 is 0 Å². The van der Waals surface area contributed by atoms with Crippen LogP contribution in [0.25, 0.3) is 10.4 Å². The number of rotatable bonds is 4. The molecule has 0 aliphatic carbocycles. The second-order valence-electron chi connectivity index (χ2n) is 1.72. The minimum atomic E-state index is -0.000000000000000222. The molecule has 0 heterocycles. The van der Waals surface area contributed by atoms with Crippen molar-refractivity contribution in [3.63, 3.8) is 0 Å². The van der Waals surface area contributed by atoms with E-state index in [9.17, 15) is 0 Å². The van der Waals surface area contributed by atoms with Crippen molar-refractivity contribution in [2.75, 3.05) is 13.7 Å². The minimum Gasteiger partial charge on any atom is -0.384 e. The molecule has 4 heteroatoms. The van der Waals surface area contributed by atoms with Gasteiger partial charge in [-0.3, -0.25) is 0 Å². The van der Waals surface area contributed by atoms with Gasteiger partial charge in [0.25, 0.3) is 0 Å². The molecule has 0 rings (SSSR count). The van der Waals surface area contributed by atoms with Gasteiger partial charge in [-0.25, -0.2) is 0 Å². The molecule has 0 radical (unpaired) electrons. The predicted molar refractivity (Wildman–Crippen MR) is 35.1 cm³/mol. The summed E-state index contributed by atoms with van der Waals surface area (Å²) in [5, 5.41) is 3.49. The number of methoxy groups -OCH3 is 1. The molecule has 52 valence electrons. The van der Waals surface area contributed by atoms with E-state index in [4.69, 9.17) is 10.3 Å². The van der Waals surface area contributed by atoms with E-state index in [1.54, 1.807) is 7.11 Å². The molecule has 1 atom stereocenters. The van der Waals surface area contributed by atoms with Crippen molar-refractivity contribution in [2.24, 2.45) is 5.11 Å². The standard InChI is InChI=1S/C5H11N3O/c1-3-5(4-9-2)7-8-6/h5H,3-4H2,1-2H3/t5-/m0/s1. The summed E-state index contributed by atoms with van der Waals surface area (Å²) in [5.41, 5.74) is 8.00. The quantitative estimate of drug-likeness (QED) is 0.324. The third-order valence-electron chi connectivity index (χ3n) is 1.05. The highest BCUT2D eigenvalue weighted by atomic mass is 16.5. The minimum absolute atomic E-state index is 0.000000000000000222. The number of azide groups is 1. The maximum atomic E-state index is 8.00. The van der Waals surface area contributed by atoms with E-state index in [2.05, 4.69) is 10.0 Å². The van der Waals surface area contributed by atoms with Crippen LogP contribution in [0.3, 0.4) is 0 Å². The summed E-state index contributed by atoms with van der Waals surface area (Å²) in [6, 6.07) is -0.000000000000000222. The van der Waals surface area contributed by atoms with Crippen LogP contribution < -0.4 is 0 Å². The monoisotopic (exact) mass is 129 g/mol. The zero-order valence-electron chi connectivity index (χ0n) is 5.74. The summed E-state index contributed by atoms with van der Waals surface area (Å²) in [7, 11) is 1.59. The van der Waals surface area contributed by atoms with E-state index < -0.39 is 0 Å². The molecule has 0 spiro atoms. The molecule has 0 fully saturated rings. The van der Waals surface area contributed by atoms with Gasteiger partial charge in [-0.1, -0.05) is 12.0 Å². The fraction of sp³-hybridized carbons (Fsp3) is 1.00. The van der Waals surface area contributed by atoms with Gasteiger partial charge in [0.15, 0.2) is 0 Å². The number of hydrogen-bond donors (Lipinski definition) is 0. The van der Waals surface area contributed by atoms with Crippen LogP contribution in [0.15, 0.2) is 5.11 Å². The topological polar surface area (TPSA) is 58.0 Å². The Labute approximate surface area is 54.4 Å². The van der Waals surface area contributed by atoms with Crippen molar-refractivity contribution in [2.45, 2.75) is 19.4 Å². The SMILES string of the molecule is CC[C@@H](COC)N=[N+]=[N-]. The van der Waals surface area contributed by atoms with Crippen molar-refractivity contribution in [1.29, 1.82) is 0 Å². The molecule has 0 saturated heterocycles. The first-order valence-corrected chi connectivity index (χ1v) is 2.88. The van der Waals surface area contributed by atoms with Crippen molar-refractivity contribution in [3.05, 3.63) is 10.4 Å². The Morgan fingerprint density at radius 2 is 2.44 bits per heavy atom. The lowest BCUT2D eigenvalue weighted by Gasteiger charge is -2.03. The van der Waals surface area contributed by atoms with Crippen LogP contribution in [-0.2, 0) is 4.74 Å². The van der Waals surface area contributed by atoms with Crippen LogP contribution in [0.2, 0.25) is 0 Å². The Morgan fingerprint density at radius 1 is 1.78 bits per heavy atom. The molecule has 0 amide bonds. The first-order valence-electron chi connectivity index (χ1n) is 2.88. The maximum absolute atomic E-state index is 8.00. The molecule has 0 aliphatic rings. The molecule has 0 aromatic heterocycles. The smallest absolute Gasteiger partial charge is 0.0605 e. The highest BCUT2D eigenvalue weighted by molar-refractivity contribution is 4.62. The molecule has 0 N–H and O–H groups in total. The van der Waals surface area contributed by atoms with Gasteiger partial charge in [0, 0.05) is 12.0 Å². The van der Waals surface area contributed by atoms with Crippen LogP contribution in [0.5, 0.6) is 0 Å². The highest BCUT2D eigenvalue weighted by Gasteiger charge is 1.99. The molecular formula is C5H11N3O. The third kappa shape index (κ3) is 3.82. The fourth-order valence-electron chi connectivity index (χ4n) is 0.498. The van der Waals surface area contributed by atoms with Gasteiger partial charge >= 0.3 is 0 Å². The molecule has 0 unspecified atom stereocenters. The number of ether oxygens (including phenoxy) is 1. The molecule has 0 bridgehead atoms. The molecule has 0 aromatic carbocycles. The maximum Gasteiger partial charge on any atom is 0.0605 e. The van der Waals surface area contributed by atoms with Crippen molar-refractivity contribution in [3.8, 4) is 0 Å². The molecule has 0 aromatic rings. The largest absolute Gasteiger partial charge is 0.384 e. The second-order valence-corrected chi connectivity index (χ2v) is 1.72.